The predicted octanol–water partition coefficient (Wildman–Crippen LogP) is 3.49. The number of hydrogen-bond acceptors (Lipinski definition) is 5. The van der Waals surface area contributed by atoms with Gasteiger partial charge in [-0.05, 0) is 18.1 Å². The van der Waals surface area contributed by atoms with E-state index in [9.17, 15) is 9.59 Å². The average Bonchev–Trinajstić information content (AvgIpc) is 2.63. The molecule has 3 rings (SSSR count). The molecule has 0 unspecified atom stereocenters. The summed E-state index contributed by atoms with van der Waals surface area (Å²) in [4.78, 5) is 23.7. The van der Waals surface area contributed by atoms with Crippen molar-refractivity contribution in [2.24, 2.45) is 5.41 Å². The average molecular weight is 326 g/mol. The van der Waals surface area contributed by atoms with Crippen LogP contribution in [0.25, 0.3) is 0 Å². The third-order valence-corrected chi connectivity index (χ3v) is 3.94. The summed E-state index contributed by atoms with van der Waals surface area (Å²) in [6.07, 6.45) is -1.29. The molecule has 0 saturated carbocycles. The van der Waals surface area contributed by atoms with Crippen LogP contribution >= 0.6 is 0 Å². The highest BCUT2D eigenvalue weighted by atomic mass is 16.7. The van der Waals surface area contributed by atoms with Crippen molar-refractivity contribution in [3.05, 3.63) is 71.8 Å². The Morgan fingerprint density at radius 1 is 0.958 bits per heavy atom. The summed E-state index contributed by atoms with van der Waals surface area (Å²) in [6.45, 7) is 1.55. The van der Waals surface area contributed by atoms with Crippen LogP contribution in [0.2, 0.25) is 0 Å². The minimum atomic E-state index is -1.02. The zero-order valence-electron chi connectivity index (χ0n) is 13.3. The number of esters is 1. The number of rotatable bonds is 4. The number of hydrogen-bond donors (Lipinski definition) is 0. The van der Waals surface area contributed by atoms with Gasteiger partial charge in [-0.1, -0.05) is 60.7 Å². The van der Waals surface area contributed by atoms with Gasteiger partial charge in [-0.3, -0.25) is 4.79 Å². The van der Waals surface area contributed by atoms with Crippen molar-refractivity contribution in [1.29, 1.82) is 0 Å². The summed E-state index contributed by atoms with van der Waals surface area (Å²) in [6, 6.07) is 19.0. The molecule has 5 nitrogen and oxygen atoms in total. The molecule has 0 amide bonds. The topological polar surface area (TPSA) is 61.8 Å². The molecule has 0 aromatic heterocycles. The lowest BCUT2D eigenvalue weighted by molar-refractivity contribution is -0.170. The van der Waals surface area contributed by atoms with Crippen molar-refractivity contribution in [3.8, 4) is 0 Å². The van der Waals surface area contributed by atoms with Crippen LogP contribution in [0.1, 0.15) is 24.2 Å². The molecule has 1 aliphatic rings. The second kappa shape index (κ2) is 6.74. The Hall–Kier alpha value is -2.82. The number of ether oxygens (including phenoxy) is 3. The monoisotopic (exact) mass is 326 g/mol. The van der Waals surface area contributed by atoms with E-state index in [4.69, 9.17) is 14.2 Å². The molecule has 124 valence electrons. The SMILES string of the molecule is CC1(C(=O)OC(c2ccccc2)c2ccccc2)COC(=O)OC1. The number of cyclic esters (lactones) is 2. The van der Waals surface area contributed by atoms with Gasteiger partial charge in [-0.2, -0.15) is 0 Å². The first-order chi connectivity index (χ1) is 11.6. The van der Waals surface area contributed by atoms with Crippen molar-refractivity contribution in [2.45, 2.75) is 13.0 Å². The number of carbonyl (C=O) groups is 2. The Balaban J connectivity index is 1.85. The number of benzene rings is 2. The molecule has 0 N–H and O–H groups in total. The van der Waals surface area contributed by atoms with Crippen LogP contribution in [0.3, 0.4) is 0 Å². The minimum absolute atomic E-state index is 0.0546. The predicted molar refractivity (Wildman–Crippen MR) is 86.2 cm³/mol. The summed E-state index contributed by atoms with van der Waals surface area (Å²) in [7, 11) is 0. The van der Waals surface area contributed by atoms with Gasteiger partial charge >= 0.3 is 12.1 Å². The van der Waals surface area contributed by atoms with Crippen molar-refractivity contribution in [2.75, 3.05) is 13.2 Å². The van der Waals surface area contributed by atoms with E-state index < -0.39 is 23.6 Å². The molecule has 0 bridgehead atoms. The van der Waals surface area contributed by atoms with Crippen LogP contribution in [0, 0.1) is 5.41 Å². The van der Waals surface area contributed by atoms with Crippen LogP contribution in [0.15, 0.2) is 60.7 Å². The smallest absolute Gasteiger partial charge is 0.452 e. The fraction of sp³-hybridized carbons (Fsp3) is 0.263. The second-order valence-electron chi connectivity index (χ2n) is 5.99. The van der Waals surface area contributed by atoms with Gasteiger partial charge in [0.1, 0.15) is 18.6 Å². The molecule has 24 heavy (non-hydrogen) atoms. The molecule has 0 atom stereocenters. The Morgan fingerprint density at radius 2 is 1.42 bits per heavy atom. The largest absolute Gasteiger partial charge is 0.508 e. The maximum Gasteiger partial charge on any atom is 0.508 e. The van der Waals surface area contributed by atoms with Gasteiger partial charge < -0.3 is 14.2 Å². The van der Waals surface area contributed by atoms with Crippen LogP contribution in [0.5, 0.6) is 0 Å². The quantitative estimate of drug-likeness (QED) is 0.805. The summed E-state index contributed by atoms with van der Waals surface area (Å²) >= 11 is 0. The highest BCUT2D eigenvalue weighted by molar-refractivity contribution is 5.79. The Bertz CT molecular complexity index is 662. The van der Waals surface area contributed by atoms with Crippen molar-refractivity contribution >= 4 is 12.1 Å². The highest BCUT2D eigenvalue weighted by Crippen LogP contribution is 2.31. The van der Waals surface area contributed by atoms with E-state index >= 15 is 0 Å². The molecule has 2 aromatic rings. The normalized spacial score (nSPS) is 16.2. The lowest BCUT2D eigenvalue weighted by Gasteiger charge is -2.31. The third kappa shape index (κ3) is 3.40. The summed E-state index contributed by atoms with van der Waals surface area (Å²) in [5, 5.41) is 0. The van der Waals surface area contributed by atoms with Gasteiger partial charge in [0.2, 0.25) is 0 Å². The fourth-order valence-corrected chi connectivity index (χ4v) is 2.47. The van der Waals surface area contributed by atoms with Gasteiger partial charge in [0, 0.05) is 0 Å². The van der Waals surface area contributed by atoms with Crippen molar-refractivity contribution < 1.29 is 23.8 Å². The highest BCUT2D eigenvalue weighted by Gasteiger charge is 2.43. The van der Waals surface area contributed by atoms with Crippen LogP contribution in [-0.4, -0.2) is 25.3 Å². The zero-order valence-corrected chi connectivity index (χ0v) is 13.3. The Morgan fingerprint density at radius 3 is 1.88 bits per heavy atom. The van der Waals surface area contributed by atoms with Crippen molar-refractivity contribution in [3.63, 3.8) is 0 Å². The molecule has 5 heteroatoms. The van der Waals surface area contributed by atoms with Gasteiger partial charge in [0.05, 0.1) is 0 Å². The maximum atomic E-state index is 12.7. The van der Waals surface area contributed by atoms with E-state index in [1.807, 2.05) is 60.7 Å². The first-order valence-electron chi connectivity index (χ1n) is 7.69. The first-order valence-corrected chi connectivity index (χ1v) is 7.69. The fourth-order valence-electron chi connectivity index (χ4n) is 2.47. The Labute approximate surface area is 140 Å². The second-order valence-corrected chi connectivity index (χ2v) is 5.99. The molecule has 0 spiro atoms. The van der Waals surface area contributed by atoms with Crippen LogP contribution in [-0.2, 0) is 19.0 Å². The molecule has 2 aromatic carbocycles. The summed E-state index contributed by atoms with van der Waals surface area (Å²) in [5.41, 5.74) is 0.721. The van der Waals surface area contributed by atoms with E-state index in [-0.39, 0.29) is 13.2 Å². The lowest BCUT2D eigenvalue weighted by atomic mass is 9.92. The molecular formula is C19H18O5. The van der Waals surface area contributed by atoms with Gasteiger partial charge in [0.25, 0.3) is 0 Å². The molecular weight excluding hydrogens is 308 g/mol. The van der Waals surface area contributed by atoms with E-state index in [1.165, 1.54) is 0 Å². The number of carbonyl (C=O) groups excluding carboxylic acids is 2. The van der Waals surface area contributed by atoms with Gasteiger partial charge in [0.15, 0.2) is 6.10 Å². The van der Waals surface area contributed by atoms with E-state index in [2.05, 4.69) is 0 Å². The standard InChI is InChI=1S/C19H18O5/c1-19(12-22-18(21)23-13-19)17(20)24-16(14-8-4-2-5-9-14)15-10-6-3-7-11-15/h2-11,16H,12-13H2,1H3. The summed E-state index contributed by atoms with van der Waals surface area (Å²) in [5.74, 6) is -0.465. The molecule has 0 radical (unpaired) electrons. The van der Waals surface area contributed by atoms with E-state index in [1.54, 1.807) is 6.92 Å². The Kier molecular flexibility index (Phi) is 4.51. The third-order valence-electron chi connectivity index (χ3n) is 3.94. The molecule has 1 saturated heterocycles. The zero-order chi connectivity index (χ0) is 17.0. The van der Waals surface area contributed by atoms with Gasteiger partial charge in [-0.15, -0.1) is 0 Å². The molecule has 1 fully saturated rings. The van der Waals surface area contributed by atoms with Crippen LogP contribution < -0.4 is 0 Å². The lowest BCUT2D eigenvalue weighted by Crippen LogP contribution is -2.44. The van der Waals surface area contributed by atoms with Crippen molar-refractivity contribution in [1.82, 2.24) is 0 Å². The van der Waals surface area contributed by atoms with E-state index in [0.717, 1.165) is 11.1 Å². The maximum absolute atomic E-state index is 12.7. The molecule has 1 heterocycles. The molecule has 0 aliphatic carbocycles. The summed E-state index contributed by atoms with van der Waals surface area (Å²) < 4.78 is 15.5. The minimum Gasteiger partial charge on any atom is -0.452 e. The van der Waals surface area contributed by atoms with Gasteiger partial charge in [-0.25, -0.2) is 4.79 Å². The molecule has 1 aliphatic heterocycles. The first kappa shape index (κ1) is 16.1. The van der Waals surface area contributed by atoms with E-state index in [0.29, 0.717) is 0 Å². The van der Waals surface area contributed by atoms with Crippen LogP contribution in [0.4, 0.5) is 4.79 Å².